The molecule has 0 atom stereocenters. The molecule has 1 aliphatic carbocycles. The first-order valence-electron chi connectivity index (χ1n) is 3.63. The molecule has 0 aliphatic heterocycles. The molecule has 54 valence electrons. The smallest absolute Gasteiger partial charge is 0.122 e. The Hall–Kier alpha value is -0.830. The first-order valence-corrected chi connectivity index (χ1v) is 3.63. The van der Waals surface area contributed by atoms with Crippen LogP contribution in [0.1, 0.15) is 24.7 Å². The van der Waals surface area contributed by atoms with E-state index in [0.29, 0.717) is 12.6 Å². The molecule has 2 rings (SSSR count). The Morgan fingerprint density at radius 1 is 1.70 bits per heavy atom. The number of hydrogen-bond acceptors (Lipinski definition) is 2. The van der Waals surface area contributed by atoms with Crippen molar-refractivity contribution in [3.05, 3.63) is 18.2 Å². The SMILES string of the molecule is NCc1nccn1C1CC1. The van der Waals surface area contributed by atoms with Gasteiger partial charge in [-0.3, -0.25) is 0 Å². The quantitative estimate of drug-likeness (QED) is 0.651. The minimum absolute atomic E-state index is 0.559. The molecule has 1 heterocycles. The van der Waals surface area contributed by atoms with Gasteiger partial charge in [0.15, 0.2) is 0 Å². The van der Waals surface area contributed by atoms with Crippen LogP contribution in [0, 0.1) is 0 Å². The maximum atomic E-state index is 5.48. The van der Waals surface area contributed by atoms with Crippen LogP contribution < -0.4 is 5.73 Å². The molecule has 0 bridgehead atoms. The van der Waals surface area contributed by atoms with E-state index in [1.165, 1.54) is 12.8 Å². The predicted octanol–water partition coefficient (Wildman–Crippen LogP) is 0.677. The lowest BCUT2D eigenvalue weighted by molar-refractivity contribution is 0.682. The summed E-state index contributed by atoms with van der Waals surface area (Å²) in [4.78, 5) is 4.13. The molecular formula is C7H11N3. The standard InChI is InChI=1S/C7H11N3/c8-5-7-9-3-4-10(7)6-1-2-6/h3-4,6H,1-2,5,8H2. The highest BCUT2D eigenvalue weighted by Gasteiger charge is 2.24. The largest absolute Gasteiger partial charge is 0.331 e. The maximum absolute atomic E-state index is 5.48. The van der Waals surface area contributed by atoms with E-state index in [-0.39, 0.29) is 0 Å². The Balaban J connectivity index is 2.28. The molecule has 0 radical (unpaired) electrons. The van der Waals surface area contributed by atoms with Crippen molar-refractivity contribution in [1.82, 2.24) is 9.55 Å². The highest BCUT2D eigenvalue weighted by atomic mass is 15.1. The van der Waals surface area contributed by atoms with E-state index >= 15 is 0 Å². The zero-order valence-corrected chi connectivity index (χ0v) is 5.83. The third-order valence-electron chi connectivity index (χ3n) is 1.87. The molecule has 1 aromatic rings. The molecule has 10 heavy (non-hydrogen) atoms. The summed E-state index contributed by atoms with van der Waals surface area (Å²) in [6.45, 7) is 0.559. The molecule has 0 spiro atoms. The van der Waals surface area contributed by atoms with Crippen LogP contribution in [0.3, 0.4) is 0 Å². The van der Waals surface area contributed by atoms with Crippen molar-refractivity contribution in [3.8, 4) is 0 Å². The van der Waals surface area contributed by atoms with Gasteiger partial charge in [-0.1, -0.05) is 0 Å². The van der Waals surface area contributed by atoms with E-state index in [1.807, 2.05) is 12.4 Å². The Labute approximate surface area is 59.9 Å². The Morgan fingerprint density at radius 3 is 3.10 bits per heavy atom. The second kappa shape index (κ2) is 2.09. The van der Waals surface area contributed by atoms with Crippen molar-refractivity contribution < 1.29 is 0 Å². The minimum atomic E-state index is 0.559. The van der Waals surface area contributed by atoms with Crippen molar-refractivity contribution in [3.63, 3.8) is 0 Å². The molecule has 1 fully saturated rings. The lowest BCUT2D eigenvalue weighted by Gasteiger charge is -2.01. The first-order chi connectivity index (χ1) is 4.92. The number of nitrogens with zero attached hydrogens (tertiary/aromatic N) is 2. The van der Waals surface area contributed by atoms with Crippen LogP contribution in [0.5, 0.6) is 0 Å². The summed E-state index contributed by atoms with van der Waals surface area (Å²) in [7, 11) is 0. The molecule has 0 amide bonds. The summed E-state index contributed by atoms with van der Waals surface area (Å²) in [6.07, 6.45) is 6.42. The lowest BCUT2D eigenvalue weighted by atomic mass is 10.5. The average Bonchev–Trinajstić information content (AvgIpc) is 2.69. The Kier molecular flexibility index (Phi) is 1.24. The van der Waals surface area contributed by atoms with E-state index in [1.54, 1.807) is 0 Å². The summed E-state index contributed by atoms with van der Waals surface area (Å²) >= 11 is 0. The normalized spacial score (nSPS) is 17.7. The third-order valence-corrected chi connectivity index (χ3v) is 1.87. The van der Waals surface area contributed by atoms with Crippen LogP contribution in [0.25, 0.3) is 0 Å². The molecule has 1 aromatic heterocycles. The van der Waals surface area contributed by atoms with Gasteiger partial charge >= 0.3 is 0 Å². The van der Waals surface area contributed by atoms with E-state index in [2.05, 4.69) is 9.55 Å². The van der Waals surface area contributed by atoms with E-state index in [4.69, 9.17) is 5.73 Å². The van der Waals surface area contributed by atoms with Crippen molar-refractivity contribution in [2.45, 2.75) is 25.4 Å². The second-order valence-corrected chi connectivity index (χ2v) is 2.69. The Morgan fingerprint density at radius 2 is 2.50 bits per heavy atom. The molecule has 1 aliphatic rings. The Bertz CT molecular complexity index is 225. The summed E-state index contributed by atoms with van der Waals surface area (Å²) in [5, 5.41) is 0. The van der Waals surface area contributed by atoms with Gasteiger partial charge in [0.25, 0.3) is 0 Å². The van der Waals surface area contributed by atoms with Crippen molar-refractivity contribution in [2.75, 3.05) is 0 Å². The first kappa shape index (κ1) is 5.92. The molecule has 0 aromatic carbocycles. The summed E-state index contributed by atoms with van der Waals surface area (Å²) in [5.74, 6) is 1.02. The van der Waals surface area contributed by atoms with E-state index in [0.717, 1.165) is 5.82 Å². The fourth-order valence-electron chi connectivity index (χ4n) is 1.19. The predicted molar refractivity (Wildman–Crippen MR) is 38.4 cm³/mol. The number of rotatable bonds is 2. The summed E-state index contributed by atoms with van der Waals surface area (Å²) in [5.41, 5.74) is 5.48. The van der Waals surface area contributed by atoms with Crippen molar-refractivity contribution in [2.24, 2.45) is 5.73 Å². The zero-order valence-electron chi connectivity index (χ0n) is 5.83. The second-order valence-electron chi connectivity index (χ2n) is 2.69. The van der Waals surface area contributed by atoms with Gasteiger partial charge in [0.1, 0.15) is 5.82 Å². The molecule has 3 nitrogen and oxygen atoms in total. The van der Waals surface area contributed by atoms with Crippen LogP contribution in [-0.2, 0) is 6.54 Å². The average molecular weight is 137 g/mol. The van der Waals surface area contributed by atoms with Crippen LogP contribution in [0.2, 0.25) is 0 Å². The molecular weight excluding hydrogens is 126 g/mol. The number of imidazole rings is 1. The van der Waals surface area contributed by atoms with E-state index in [9.17, 15) is 0 Å². The van der Waals surface area contributed by atoms with Gasteiger partial charge in [0.2, 0.25) is 0 Å². The highest BCUT2D eigenvalue weighted by Crippen LogP contribution is 2.35. The molecule has 0 unspecified atom stereocenters. The van der Waals surface area contributed by atoms with Gasteiger partial charge in [-0.2, -0.15) is 0 Å². The highest BCUT2D eigenvalue weighted by molar-refractivity contribution is 4.98. The molecule has 0 saturated heterocycles. The number of aromatic nitrogens is 2. The molecule has 2 N–H and O–H groups in total. The fourth-order valence-corrected chi connectivity index (χ4v) is 1.19. The molecule has 1 saturated carbocycles. The van der Waals surface area contributed by atoms with Gasteiger partial charge in [-0.25, -0.2) is 4.98 Å². The number of nitrogens with two attached hydrogens (primary N) is 1. The molecule has 3 heteroatoms. The van der Waals surface area contributed by atoms with Crippen LogP contribution in [0.15, 0.2) is 12.4 Å². The minimum Gasteiger partial charge on any atom is -0.331 e. The van der Waals surface area contributed by atoms with Crippen molar-refractivity contribution >= 4 is 0 Å². The van der Waals surface area contributed by atoms with Gasteiger partial charge < -0.3 is 10.3 Å². The van der Waals surface area contributed by atoms with Crippen LogP contribution in [0.4, 0.5) is 0 Å². The summed E-state index contributed by atoms with van der Waals surface area (Å²) in [6, 6.07) is 0.709. The number of hydrogen-bond donors (Lipinski definition) is 1. The fraction of sp³-hybridized carbons (Fsp3) is 0.571. The summed E-state index contributed by atoms with van der Waals surface area (Å²) < 4.78 is 2.18. The van der Waals surface area contributed by atoms with Crippen LogP contribution >= 0.6 is 0 Å². The van der Waals surface area contributed by atoms with Gasteiger partial charge in [-0.05, 0) is 12.8 Å². The van der Waals surface area contributed by atoms with Gasteiger partial charge in [0.05, 0.1) is 6.54 Å². The monoisotopic (exact) mass is 137 g/mol. The third kappa shape index (κ3) is 0.827. The zero-order chi connectivity index (χ0) is 6.97. The van der Waals surface area contributed by atoms with Crippen molar-refractivity contribution in [1.29, 1.82) is 0 Å². The van der Waals surface area contributed by atoms with Gasteiger partial charge in [0, 0.05) is 18.4 Å². The topological polar surface area (TPSA) is 43.8 Å². The van der Waals surface area contributed by atoms with Gasteiger partial charge in [-0.15, -0.1) is 0 Å². The maximum Gasteiger partial charge on any atom is 0.122 e. The van der Waals surface area contributed by atoms with Crippen LogP contribution in [-0.4, -0.2) is 9.55 Å². The van der Waals surface area contributed by atoms with E-state index < -0.39 is 0 Å². The lowest BCUT2D eigenvalue weighted by Crippen LogP contribution is -2.06.